The summed E-state index contributed by atoms with van der Waals surface area (Å²) < 4.78 is 75.6. The second kappa shape index (κ2) is 4.21. The minimum atomic E-state index is -4.94. The molecule has 0 saturated carbocycles. The Morgan fingerprint density at radius 1 is 1.29 bits per heavy atom. The number of aryl methyl sites for hydroxylation is 1. The van der Waals surface area contributed by atoms with Crippen LogP contribution in [0.2, 0.25) is 0 Å². The van der Waals surface area contributed by atoms with Gasteiger partial charge in [0.1, 0.15) is 0 Å². The van der Waals surface area contributed by atoms with E-state index >= 15 is 0 Å². The summed E-state index contributed by atoms with van der Waals surface area (Å²) in [7, 11) is 1.11. The SMILES string of the molecule is Cn1cc(C(CN)C(F)(F)F)c(C(F)(F)F)n1. The third-order valence-corrected chi connectivity index (χ3v) is 2.13. The zero-order valence-corrected chi connectivity index (χ0v) is 8.60. The number of rotatable bonds is 2. The molecule has 0 bridgehead atoms. The fourth-order valence-corrected chi connectivity index (χ4v) is 1.42. The lowest BCUT2D eigenvalue weighted by molar-refractivity contribution is -0.155. The molecule has 0 aliphatic rings. The van der Waals surface area contributed by atoms with Crippen molar-refractivity contribution in [2.75, 3.05) is 6.54 Å². The van der Waals surface area contributed by atoms with Crippen molar-refractivity contribution in [3.8, 4) is 0 Å². The highest BCUT2D eigenvalue weighted by atomic mass is 19.4. The van der Waals surface area contributed by atoms with E-state index in [0.29, 0.717) is 10.9 Å². The summed E-state index contributed by atoms with van der Waals surface area (Å²) in [5, 5.41) is 3.00. The minimum absolute atomic E-state index is 0.687. The summed E-state index contributed by atoms with van der Waals surface area (Å²) in [6, 6.07) is 0. The van der Waals surface area contributed by atoms with Gasteiger partial charge in [0, 0.05) is 25.4 Å². The Morgan fingerprint density at radius 2 is 1.82 bits per heavy atom. The molecule has 0 radical (unpaired) electrons. The molecular weight excluding hydrogens is 252 g/mol. The molecule has 0 aromatic carbocycles. The Bertz CT molecular complexity index is 391. The van der Waals surface area contributed by atoms with Crippen LogP contribution in [0.4, 0.5) is 26.3 Å². The third kappa shape index (κ3) is 2.90. The molecule has 0 fully saturated rings. The average Bonchev–Trinajstić information content (AvgIpc) is 2.45. The van der Waals surface area contributed by atoms with E-state index in [1.54, 1.807) is 0 Å². The van der Waals surface area contributed by atoms with Crippen molar-refractivity contribution in [3.05, 3.63) is 17.5 Å². The lowest BCUT2D eigenvalue weighted by Crippen LogP contribution is -2.29. The minimum Gasteiger partial charge on any atom is -0.330 e. The Kier molecular flexibility index (Phi) is 3.42. The molecule has 1 rings (SSSR count). The van der Waals surface area contributed by atoms with Crippen molar-refractivity contribution in [2.45, 2.75) is 18.3 Å². The molecule has 0 amide bonds. The van der Waals surface area contributed by atoms with Gasteiger partial charge in [-0.05, 0) is 0 Å². The Labute approximate surface area is 92.2 Å². The zero-order valence-electron chi connectivity index (χ0n) is 8.60. The molecule has 0 aliphatic carbocycles. The van der Waals surface area contributed by atoms with Crippen LogP contribution in [0.3, 0.4) is 0 Å². The van der Waals surface area contributed by atoms with E-state index in [0.717, 1.165) is 7.05 Å². The number of nitrogens with zero attached hydrogens (tertiary/aromatic N) is 2. The topological polar surface area (TPSA) is 43.8 Å². The first kappa shape index (κ1) is 13.8. The predicted molar refractivity (Wildman–Crippen MR) is 46.1 cm³/mol. The number of hydrogen-bond acceptors (Lipinski definition) is 2. The van der Waals surface area contributed by atoms with Gasteiger partial charge in [-0.25, -0.2) is 0 Å². The van der Waals surface area contributed by atoms with Crippen LogP contribution in [0, 0.1) is 0 Å². The summed E-state index contributed by atoms with van der Waals surface area (Å²) in [6.45, 7) is -0.960. The maximum Gasteiger partial charge on any atom is 0.435 e. The van der Waals surface area contributed by atoms with E-state index in [1.165, 1.54) is 0 Å². The number of halogens is 6. The summed E-state index contributed by atoms with van der Waals surface area (Å²) in [4.78, 5) is 0. The van der Waals surface area contributed by atoms with Gasteiger partial charge < -0.3 is 5.73 Å². The van der Waals surface area contributed by atoms with Gasteiger partial charge in [-0.15, -0.1) is 0 Å². The van der Waals surface area contributed by atoms with Crippen molar-refractivity contribution in [1.82, 2.24) is 9.78 Å². The third-order valence-electron chi connectivity index (χ3n) is 2.13. The second-order valence-electron chi connectivity index (χ2n) is 3.43. The van der Waals surface area contributed by atoms with Gasteiger partial charge in [0.25, 0.3) is 0 Å². The van der Waals surface area contributed by atoms with Crippen molar-refractivity contribution < 1.29 is 26.3 Å². The molecule has 1 heterocycles. The monoisotopic (exact) mass is 261 g/mol. The van der Waals surface area contributed by atoms with E-state index in [4.69, 9.17) is 5.73 Å². The molecule has 2 N–H and O–H groups in total. The highest BCUT2D eigenvalue weighted by Gasteiger charge is 2.47. The Balaban J connectivity index is 3.30. The van der Waals surface area contributed by atoms with Crippen molar-refractivity contribution >= 4 is 0 Å². The van der Waals surface area contributed by atoms with Crippen molar-refractivity contribution in [3.63, 3.8) is 0 Å². The van der Waals surface area contributed by atoms with Crippen LogP contribution in [-0.4, -0.2) is 22.5 Å². The van der Waals surface area contributed by atoms with E-state index < -0.39 is 36.1 Å². The van der Waals surface area contributed by atoms with Gasteiger partial charge in [0.2, 0.25) is 0 Å². The lowest BCUT2D eigenvalue weighted by Gasteiger charge is -2.18. The first-order valence-electron chi connectivity index (χ1n) is 4.45. The van der Waals surface area contributed by atoms with Crippen LogP contribution in [-0.2, 0) is 13.2 Å². The van der Waals surface area contributed by atoms with Gasteiger partial charge in [0.15, 0.2) is 5.69 Å². The number of nitrogens with two attached hydrogens (primary N) is 1. The molecular formula is C8H9F6N3. The molecule has 1 aromatic rings. The molecule has 17 heavy (non-hydrogen) atoms. The van der Waals surface area contributed by atoms with Gasteiger partial charge in [-0.3, -0.25) is 4.68 Å². The maximum atomic E-state index is 12.5. The fraction of sp³-hybridized carbons (Fsp3) is 0.625. The molecule has 3 nitrogen and oxygen atoms in total. The summed E-state index contributed by atoms with van der Waals surface area (Å²) in [5.74, 6) is -2.37. The lowest BCUT2D eigenvalue weighted by atomic mass is 9.99. The highest BCUT2D eigenvalue weighted by Crippen LogP contribution is 2.40. The van der Waals surface area contributed by atoms with Crippen molar-refractivity contribution in [1.29, 1.82) is 0 Å². The predicted octanol–water partition coefficient (Wildman–Crippen LogP) is 2.04. The average molecular weight is 261 g/mol. The first-order valence-corrected chi connectivity index (χ1v) is 4.45. The molecule has 1 atom stereocenters. The van der Waals surface area contributed by atoms with Crippen LogP contribution >= 0.6 is 0 Å². The Hall–Kier alpha value is -1.25. The zero-order chi connectivity index (χ0) is 13.4. The summed E-state index contributed by atoms with van der Waals surface area (Å²) in [6.07, 6.45) is -9.08. The quantitative estimate of drug-likeness (QED) is 0.828. The molecule has 1 unspecified atom stereocenters. The summed E-state index contributed by atoms with van der Waals surface area (Å²) in [5.41, 5.74) is 2.39. The number of aromatic nitrogens is 2. The standard InChI is InChI=1S/C8H9F6N3/c1-17-3-4(5(2-15)7(9,10)11)6(16-17)8(12,13)14/h3,5H,2,15H2,1H3. The molecule has 9 heteroatoms. The smallest absolute Gasteiger partial charge is 0.330 e. The normalized spacial score (nSPS) is 15.1. The van der Waals surface area contributed by atoms with E-state index in [9.17, 15) is 26.3 Å². The number of hydrogen-bond donors (Lipinski definition) is 1. The molecule has 0 saturated heterocycles. The van der Waals surface area contributed by atoms with E-state index in [2.05, 4.69) is 5.10 Å². The molecule has 98 valence electrons. The van der Waals surface area contributed by atoms with Crippen LogP contribution in [0.25, 0.3) is 0 Å². The van der Waals surface area contributed by atoms with Gasteiger partial charge in [-0.1, -0.05) is 0 Å². The van der Waals surface area contributed by atoms with Gasteiger partial charge >= 0.3 is 12.4 Å². The highest BCUT2D eigenvalue weighted by molar-refractivity contribution is 5.26. The van der Waals surface area contributed by atoms with Gasteiger partial charge in [0.05, 0.1) is 5.92 Å². The van der Waals surface area contributed by atoms with Crippen molar-refractivity contribution in [2.24, 2.45) is 12.8 Å². The van der Waals surface area contributed by atoms with Crippen LogP contribution < -0.4 is 5.73 Å². The van der Waals surface area contributed by atoms with Crippen LogP contribution in [0.5, 0.6) is 0 Å². The van der Waals surface area contributed by atoms with E-state index in [1.807, 2.05) is 0 Å². The van der Waals surface area contributed by atoms with Gasteiger partial charge in [-0.2, -0.15) is 31.4 Å². The molecule has 0 spiro atoms. The molecule has 1 aromatic heterocycles. The maximum absolute atomic E-state index is 12.5. The number of alkyl halides is 6. The van der Waals surface area contributed by atoms with Crippen LogP contribution in [0.1, 0.15) is 17.2 Å². The first-order chi connectivity index (χ1) is 7.57. The second-order valence-corrected chi connectivity index (χ2v) is 3.43. The van der Waals surface area contributed by atoms with Crippen LogP contribution in [0.15, 0.2) is 6.20 Å². The van der Waals surface area contributed by atoms with E-state index in [-0.39, 0.29) is 0 Å². The summed E-state index contributed by atoms with van der Waals surface area (Å²) >= 11 is 0. The fourth-order valence-electron chi connectivity index (χ4n) is 1.42. The molecule has 0 aliphatic heterocycles. The Morgan fingerprint density at radius 3 is 2.18 bits per heavy atom. The largest absolute Gasteiger partial charge is 0.435 e.